The molecule has 1 aromatic heterocycles. The van der Waals surface area contributed by atoms with E-state index in [1.165, 1.54) is 4.90 Å². The lowest BCUT2D eigenvalue weighted by atomic mass is 10.3. The molecule has 1 aromatic carbocycles. The van der Waals surface area contributed by atoms with Gasteiger partial charge in [-0.25, -0.2) is 0 Å². The van der Waals surface area contributed by atoms with Crippen LogP contribution in [0.15, 0.2) is 53.6 Å². The van der Waals surface area contributed by atoms with E-state index in [1.54, 1.807) is 13.0 Å². The average Bonchev–Trinajstić information content (AvgIpc) is 3.06. The Morgan fingerprint density at radius 2 is 1.86 bits per heavy atom. The number of benzene rings is 1. The number of hydrogen-bond acceptors (Lipinski definition) is 3. The summed E-state index contributed by atoms with van der Waals surface area (Å²) in [7, 11) is 0. The third-order valence-electron chi connectivity index (χ3n) is 3.28. The summed E-state index contributed by atoms with van der Waals surface area (Å²) in [6, 6.07) is 13.7. The van der Waals surface area contributed by atoms with E-state index in [2.05, 4.69) is 0 Å². The molecule has 2 amide bonds. The van der Waals surface area contributed by atoms with Crippen LogP contribution in [-0.4, -0.2) is 27.2 Å². The number of thioether (sulfide) groups is 1. The van der Waals surface area contributed by atoms with E-state index in [4.69, 9.17) is 0 Å². The molecular formula is C16H14N2O2S. The van der Waals surface area contributed by atoms with Crippen LogP contribution in [0.25, 0.3) is 11.8 Å². The number of nitrogens with zero attached hydrogens (tertiary/aromatic N) is 2. The molecule has 0 N–H and O–H groups in total. The first-order chi connectivity index (χ1) is 10.2. The molecule has 1 saturated heterocycles. The number of aromatic nitrogens is 1. The molecule has 2 aromatic rings. The molecule has 106 valence electrons. The summed E-state index contributed by atoms with van der Waals surface area (Å²) in [5.41, 5.74) is 1.89. The maximum Gasteiger partial charge on any atom is 0.293 e. The largest absolute Gasteiger partial charge is 0.317 e. The normalized spacial score (nSPS) is 17.0. The number of amides is 2. The van der Waals surface area contributed by atoms with Gasteiger partial charge in [0, 0.05) is 24.1 Å². The molecule has 0 radical (unpaired) electrons. The van der Waals surface area contributed by atoms with Crippen molar-refractivity contribution in [2.75, 3.05) is 6.54 Å². The molecule has 1 fully saturated rings. The number of carbonyl (C=O) groups excluding carboxylic acids is 2. The van der Waals surface area contributed by atoms with Gasteiger partial charge in [-0.2, -0.15) is 0 Å². The summed E-state index contributed by atoms with van der Waals surface area (Å²) < 4.78 is 1.99. The summed E-state index contributed by atoms with van der Waals surface area (Å²) in [5.74, 6) is -0.215. The van der Waals surface area contributed by atoms with Crippen LogP contribution in [0.5, 0.6) is 0 Å². The molecule has 0 bridgehead atoms. The number of imide groups is 1. The van der Waals surface area contributed by atoms with Gasteiger partial charge in [-0.1, -0.05) is 18.2 Å². The monoisotopic (exact) mass is 298 g/mol. The van der Waals surface area contributed by atoms with Gasteiger partial charge >= 0.3 is 0 Å². The molecule has 0 unspecified atom stereocenters. The molecule has 1 aliphatic rings. The highest BCUT2D eigenvalue weighted by Crippen LogP contribution is 2.32. The molecule has 21 heavy (non-hydrogen) atoms. The Bertz CT molecular complexity index is 719. The second kappa shape index (κ2) is 5.61. The van der Waals surface area contributed by atoms with Gasteiger partial charge in [0.25, 0.3) is 11.1 Å². The molecule has 0 spiro atoms. The van der Waals surface area contributed by atoms with Gasteiger partial charge in [-0.3, -0.25) is 14.5 Å². The van der Waals surface area contributed by atoms with Crippen molar-refractivity contribution in [3.8, 4) is 5.69 Å². The van der Waals surface area contributed by atoms with Crippen LogP contribution in [0.1, 0.15) is 12.6 Å². The number of likely N-dealkylation sites (N-methyl/N-ethyl adjacent to an activating group) is 1. The number of rotatable bonds is 3. The first kappa shape index (κ1) is 13.7. The second-order valence-corrected chi connectivity index (χ2v) is 5.56. The van der Waals surface area contributed by atoms with Gasteiger partial charge in [0.15, 0.2) is 0 Å². The number of para-hydroxylation sites is 1. The second-order valence-electron chi connectivity index (χ2n) is 4.56. The summed E-state index contributed by atoms with van der Waals surface area (Å²) in [6.45, 7) is 2.20. The number of hydrogen-bond donors (Lipinski definition) is 0. The van der Waals surface area contributed by atoms with Crippen molar-refractivity contribution in [2.24, 2.45) is 0 Å². The van der Waals surface area contributed by atoms with Crippen LogP contribution in [0, 0.1) is 0 Å². The van der Waals surface area contributed by atoms with Gasteiger partial charge < -0.3 is 4.57 Å². The fourth-order valence-electron chi connectivity index (χ4n) is 2.24. The predicted octanol–water partition coefficient (Wildman–Crippen LogP) is 3.53. The Morgan fingerprint density at radius 1 is 1.10 bits per heavy atom. The first-order valence-electron chi connectivity index (χ1n) is 6.69. The van der Waals surface area contributed by atoms with Crippen LogP contribution in [0.4, 0.5) is 4.79 Å². The molecule has 0 aliphatic carbocycles. The van der Waals surface area contributed by atoms with Gasteiger partial charge in [-0.05, 0) is 49.0 Å². The zero-order chi connectivity index (χ0) is 14.8. The zero-order valence-electron chi connectivity index (χ0n) is 11.5. The Balaban J connectivity index is 1.97. The van der Waals surface area contributed by atoms with Crippen LogP contribution in [0.2, 0.25) is 0 Å². The molecule has 0 saturated carbocycles. The molecular weight excluding hydrogens is 284 g/mol. The minimum Gasteiger partial charge on any atom is -0.317 e. The smallest absolute Gasteiger partial charge is 0.293 e. The van der Waals surface area contributed by atoms with Crippen molar-refractivity contribution in [2.45, 2.75) is 6.92 Å². The zero-order valence-corrected chi connectivity index (χ0v) is 12.3. The summed E-state index contributed by atoms with van der Waals surface area (Å²) >= 11 is 0.994. The molecule has 3 rings (SSSR count). The van der Waals surface area contributed by atoms with Gasteiger partial charge in [0.1, 0.15) is 0 Å². The molecule has 4 nitrogen and oxygen atoms in total. The highest BCUT2D eigenvalue weighted by atomic mass is 32.2. The van der Waals surface area contributed by atoms with Gasteiger partial charge in [0.2, 0.25) is 0 Å². The summed E-state index contributed by atoms with van der Waals surface area (Å²) in [5, 5.41) is -0.202. The van der Waals surface area contributed by atoms with Crippen molar-refractivity contribution in [1.82, 2.24) is 9.47 Å². The number of carbonyl (C=O) groups is 2. The Kier molecular flexibility index (Phi) is 3.66. The Morgan fingerprint density at radius 3 is 2.52 bits per heavy atom. The van der Waals surface area contributed by atoms with E-state index >= 15 is 0 Å². The highest BCUT2D eigenvalue weighted by molar-refractivity contribution is 8.18. The van der Waals surface area contributed by atoms with E-state index in [-0.39, 0.29) is 11.1 Å². The molecule has 2 heterocycles. The predicted molar refractivity (Wildman–Crippen MR) is 84.1 cm³/mol. The van der Waals surface area contributed by atoms with E-state index in [0.717, 1.165) is 23.1 Å². The highest BCUT2D eigenvalue weighted by Gasteiger charge is 2.33. The summed E-state index contributed by atoms with van der Waals surface area (Å²) in [6.07, 6.45) is 3.71. The van der Waals surface area contributed by atoms with Crippen LogP contribution >= 0.6 is 11.8 Å². The molecule has 5 heteroatoms. The van der Waals surface area contributed by atoms with Crippen molar-refractivity contribution in [1.29, 1.82) is 0 Å². The third-order valence-corrected chi connectivity index (χ3v) is 4.19. The molecule has 1 aliphatic heterocycles. The van der Waals surface area contributed by atoms with Crippen LogP contribution in [-0.2, 0) is 4.79 Å². The van der Waals surface area contributed by atoms with Crippen molar-refractivity contribution in [3.63, 3.8) is 0 Å². The van der Waals surface area contributed by atoms with E-state index in [9.17, 15) is 9.59 Å². The fourth-order valence-corrected chi connectivity index (χ4v) is 3.13. The van der Waals surface area contributed by atoms with E-state index in [1.807, 2.05) is 53.2 Å². The standard InChI is InChI=1S/C16H14N2O2S/c1-2-17-15(19)14(21-16(17)20)11-13-9-6-10-18(13)12-7-4-3-5-8-12/h3-11H,2H2,1H3. The lowest BCUT2D eigenvalue weighted by Crippen LogP contribution is -2.27. The van der Waals surface area contributed by atoms with Crippen LogP contribution in [0.3, 0.4) is 0 Å². The first-order valence-corrected chi connectivity index (χ1v) is 7.50. The maximum absolute atomic E-state index is 12.1. The SMILES string of the molecule is CCN1C(=O)SC(=Cc2cccn2-c2ccccc2)C1=O. The Hall–Kier alpha value is -2.27. The lowest BCUT2D eigenvalue weighted by molar-refractivity contribution is -0.122. The van der Waals surface area contributed by atoms with Crippen LogP contribution < -0.4 is 0 Å². The van der Waals surface area contributed by atoms with Gasteiger partial charge in [0.05, 0.1) is 4.91 Å². The summed E-state index contributed by atoms with van der Waals surface area (Å²) in [4.78, 5) is 25.6. The average molecular weight is 298 g/mol. The fraction of sp³-hybridized carbons (Fsp3) is 0.125. The topological polar surface area (TPSA) is 42.3 Å². The van der Waals surface area contributed by atoms with Gasteiger partial charge in [-0.15, -0.1) is 0 Å². The van der Waals surface area contributed by atoms with E-state index < -0.39 is 0 Å². The van der Waals surface area contributed by atoms with Crippen molar-refractivity contribution < 1.29 is 9.59 Å². The van der Waals surface area contributed by atoms with Crippen molar-refractivity contribution >= 4 is 29.0 Å². The lowest BCUT2D eigenvalue weighted by Gasteiger charge is -2.08. The molecule has 0 atom stereocenters. The third kappa shape index (κ3) is 2.52. The minimum atomic E-state index is -0.215. The minimum absolute atomic E-state index is 0.202. The van der Waals surface area contributed by atoms with Crippen molar-refractivity contribution in [3.05, 3.63) is 59.3 Å². The maximum atomic E-state index is 12.1. The quantitative estimate of drug-likeness (QED) is 0.814. The van der Waals surface area contributed by atoms with E-state index in [0.29, 0.717) is 11.4 Å². The Labute approximate surface area is 127 Å².